The Hall–Kier alpha value is -1.55. The third kappa shape index (κ3) is 3.74. The standard InChI is InChI=1S/C14H18N2OS/c1-11(2)8-17-14-6-4-3-5-13(14)15-7-12-9-18-10-16-12/h3-6,9-11,15H,7-8H2,1-2H3. The lowest BCUT2D eigenvalue weighted by Crippen LogP contribution is -2.07. The van der Waals surface area contributed by atoms with E-state index < -0.39 is 0 Å². The number of anilines is 1. The molecule has 4 heteroatoms. The van der Waals surface area contributed by atoms with Crippen LogP contribution >= 0.6 is 11.3 Å². The van der Waals surface area contributed by atoms with Crippen molar-refractivity contribution in [3.8, 4) is 5.75 Å². The van der Waals surface area contributed by atoms with Crippen LogP contribution < -0.4 is 10.1 Å². The van der Waals surface area contributed by atoms with Gasteiger partial charge in [-0.05, 0) is 18.1 Å². The molecule has 1 aromatic heterocycles. The first kappa shape index (κ1) is 12.9. The summed E-state index contributed by atoms with van der Waals surface area (Å²) in [5.74, 6) is 1.43. The topological polar surface area (TPSA) is 34.1 Å². The maximum atomic E-state index is 5.79. The highest BCUT2D eigenvalue weighted by molar-refractivity contribution is 7.07. The van der Waals surface area contributed by atoms with Crippen LogP contribution in [0.25, 0.3) is 0 Å². The van der Waals surface area contributed by atoms with Gasteiger partial charge in [0.05, 0.1) is 30.0 Å². The van der Waals surface area contributed by atoms with E-state index in [-0.39, 0.29) is 0 Å². The van der Waals surface area contributed by atoms with Crippen LogP contribution in [0.1, 0.15) is 19.5 Å². The Balaban J connectivity index is 1.98. The second-order valence-corrected chi connectivity index (χ2v) is 5.25. The van der Waals surface area contributed by atoms with Gasteiger partial charge in [0.25, 0.3) is 0 Å². The fourth-order valence-corrected chi connectivity index (χ4v) is 2.06. The van der Waals surface area contributed by atoms with E-state index in [1.807, 2.05) is 35.2 Å². The van der Waals surface area contributed by atoms with Gasteiger partial charge in [0.15, 0.2) is 0 Å². The second kappa shape index (κ2) is 6.40. The SMILES string of the molecule is CC(C)COc1ccccc1NCc1cscn1. The Labute approximate surface area is 112 Å². The molecule has 0 fully saturated rings. The molecule has 0 atom stereocenters. The molecule has 96 valence electrons. The summed E-state index contributed by atoms with van der Waals surface area (Å²) in [5.41, 5.74) is 3.92. The smallest absolute Gasteiger partial charge is 0.142 e. The highest BCUT2D eigenvalue weighted by Crippen LogP contribution is 2.24. The molecule has 0 amide bonds. The normalized spacial score (nSPS) is 10.6. The molecule has 1 heterocycles. The fourth-order valence-electron chi connectivity index (χ4n) is 1.51. The summed E-state index contributed by atoms with van der Waals surface area (Å²) in [7, 11) is 0. The average molecular weight is 262 g/mol. The van der Waals surface area contributed by atoms with Crippen molar-refractivity contribution < 1.29 is 4.74 Å². The maximum absolute atomic E-state index is 5.79. The van der Waals surface area contributed by atoms with Crippen molar-refractivity contribution in [2.45, 2.75) is 20.4 Å². The van der Waals surface area contributed by atoms with Crippen LogP contribution in [0.5, 0.6) is 5.75 Å². The van der Waals surface area contributed by atoms with Gasteiger partial charge in [0, 0.05) is 5.38 Å². The maximum Gasteiger partial charge on any atom is 0.142 e. The van der Waals surface area contributed by atoms with Gasteiger partial charge in [0.1, 0.15) is 5.75 Å². The number of nitrogens with zero attached hydrogens (tertiary/aromatic N) is 1. The van der Waals surface area contributed by atoms with Crippen LogP contribution in [-0.2, 0) is 6.54 Å². The Morgan fingerprint density at radius 3 is 2.89 bits per heavy atom. The number of nitrogens with one attached hydrogen (secondary N) is 1. The van der Waals surface area contributed by atoms with Gasteiger partial charge >= 0.3 is 0 Å². The first-order chi connectivity index (χ1) is 8.75. The Morgan fingerprint density at radius 2 is 2.17 bits per heavy atom. The molecular formula is C14H18N2OS. The molecular weight excluding hydrogens is 244 g/mol. The van der Waals surface area contributed by atoms with Gasteiger partial charge in [-0.25, -0.2) is 4.98 Å². The number of ether oxygens (including phenoxy) is 1. The van der Waals surface area contributed by atoms with Crippen LogP contribution in [-0.4, -0.2) is 11.6 Å². The number of benzene rings is 1. The molecule has 2 aromatic rings. The van der Waals surface area contributed by atoms with E-state index in [4.69, 9.17) is 4.74 Å². The quantitative estimate of drug-likeness (QED) is 0.860. The van der Waals surface area contributed by atoms with E-state index in [2.05, 4.69) is 24.1 Å². The molecule has 0 saturated heterocycles. The van der Waals surface area contributed by atoms with E-state index in [0.29, 0.717) is 5.92 Å². The van der Waals surface area contributed by atoms with Crippen LogP contribution in [0.3, 0.4) is 0 Å². The fraction of sp³-hybridized carbons (Fsp3) is 0.357. The molecule has 3 nitrogen and oxygen atoms in total. The second-order valence-electron chi connectivity index (χ2n) is 4.53. The minimum atomic E-state index is 0.525. The van der Waals surface area contributed by atoms with E-state index in [1.165, 1.54) is 0 Å². The highest BCUT2D eigenvalue weighted by atomic mass is 32.1. The molecule has 0 radical (unpaired) electrons. The molecule has 1 N–H and O–H groups in total. The lowest BCUT2D eigenvalue weighted by molar-refractivity contribution is 0.272. The number of para-hydroxylation sites is 2. The van der Waals surface area contributed by atoms with Crippen LogP contribution in [0.2, 0.25) is 0 Å². The monoisotopic (exact) mass is 262 g/mol. The number of rotatable bonds is 6. The van der Waals surface area contributed by atoms with Crippen molar-refractivity contribution in [3.05, 3.63) is 40.8 Å². The molecule has 0 aliphatic heterocycles. The summed E-state index contributed by atoms with van der Waals surface area (Å²) in [6.07, 6.45) is 0. The van der Waals surface area contributed by atoms with Gasteiger partial charge in [-0.3, -0.25) is 0 Å². The summed E-state index contributed by atoms with van der Waals surface area (Å²) < 4.78 is 5.79. The summed E-state index contributed by atoms with van der Waals surface area (Å²) in [6.45, 7) is 5.75. The summed E-state index contributed by atoms with van der Waals surface area (Å²) in [6, 6.07) is 8.02. The van der Waals surface area contributed by atoms with E-state index >= 15 is 0 Å². The van der Waals surface area contributed by atoms with Crippen LogP contribution in [0.4, 0.5) is 5.69 Å². The molecule has 0 bridgehead atoms. The van der Waals surface area contributed by atoms with Crippen LogP contribution in [0.15, 0.2) is 35.2 Å². The van der Waals surface area contributed by atoms with E-state index in [9.17, 15) is 0 Å². The summed E-state index contributed by atoms with van der Waals surface area (Å²) in [5, 5.41) is 5.40. The number of hydrogen-bond acceptors (Lipinski definition) is 4. The number of thiazole rings is 1. The van der Waals surface area contributed by atoms with Gasteiger partial charge in [-0.1, -0.05) is 26.0 Å². The lowest BCUT2D eigenvalue weighted by Gasteiger charge is -2.13. The van der Waals surface area contributed by atoms with Crippen molar-refractivity contribution in [2.75, 3.05) is 11.9 Å². The number of aromatic nitrogens is 1. The van der Waals surface area contributed by atoms with E-state index in [0.717, 1.165) is 30.3 Å². The van der Waals surface area contributed by atoms with Crippen molar-refractivity contribution in [3.63, 3.8) is 0 Å². The minimum absolute atomic E-state index is 0.525. The Morgan fingerprint density at radius 1 is 1.33 bits per heavy atom. The average Bonchev–Trinajstić information content (AvgIpc) is 2.88. The molecule has 0 unspecified atom stereocenters. The predicted molar refractivity (Wildman–Crippen MR) is 76.2 cm³/mol. The molecule has 0 saturated carbocycles. The molecule has 2 rings (SSSR count). The van der Waals surface area contributed by atoms with Gasteiger partial charge in [0.2, 0.25) is 0 Å². The van der Waals surface area contributed by atoms with Crippen molar-refractivity contribution in [1.29, 1.82) is 0 Å². The van der Waals surface area contributed by atoms with E-state index in [1.54, 1.807) is 11.3 Å². The lowest BCUT2D eigenvalue weighted by atomic mass is 10.2. The molecule has 0 spiro atoms. The van der Waals surface area contributed by atoms with Gasteiger partial charge in [-0.2, -0.15) is 0 Å². The van der Waals surface area contributed by atoms with Gasteiger partial charge in [-0.15, -0.1) is 11.3 Å². The first-order valence-electron chi connectivity index (χ1n) is 6.08. The zero-order valence-electron chi connectivity index (χ0n) is 10.7. The third-order valence-corrected chi connectivity index (χ3v) is 3.04. The highest BCUT2D eigenvalue weighted by Gasteiger charge is 2.04. The van der Waals surface area contributed by atoms with Crippen molar-refractivity contribution in [1.82, 2.24) is 4.98 Å². The zero-order chi connectivity index (χ0) is 12.8. The summed E-state index contributed by atoms with van der Waals surface area (Å²) >= 11 is 1.61. The van der Waals surface area contributed by atoms with Crippen molar-refractivity contribution in [2.24, 2.45) is 5.92 Å². The zero-order valence-corrected chi connectivity index (χ0v) is 11.5. The van der Waals surface area contributed by atoms with Crippen LogP contribution in [0, 0.1) is 5.92 Å². The minimum Gasteiger partial charge on any atom is -0.491 e. The third-order valence-electron chi connectivity index (χ3n) is 2.40. The Kier molecular flexibility index (Phi) is 4.59. The summed E-state index contributed by atoms with van der Waals surface area (Å²) in [4.78, 5) is 4.25. The predicted octanol–water partition coefficient (Wildman–Crippen LogP) is 3.79. The molecule has 0 aliphatic carbocycles. The molecule has 0 aliphatic rings. The largest absolute Gasteiger partial charge is 0.491 e. The molecule has 1 aromatic carbocycles. The molecule has 18 heavy (non-hydrogen) atoms. The first-order valence-corrected chi connectivity index (χ1v) is 7.02. The van der Waals surface area contributed by atoms with Gasteiger partial charge < -0.3 is 10.1 Å². The number of hydrogen-bond donors (Lipinski definition) is 1. The Bertz CT molecular complexity index is 468. The van der Waals surface area contributed by atoms with Crippen molar-refractivity contribution >= 4 is 17.0 Å².